The predicted molar refractivity (Wildman–Crippen MR) is 213 cm³/mol. The number of para-hydroxylation sites is 3. The monoisotopic (exact) mass is 650 g/mol. The molecule has 0 aliphatic rings. The van der Waals surface area contributed by atoms with Crippen molar-refractivity contribution in [3.63, 3.8) is 0 Å². The summed E-state index contributed by atoms with van der Waals surface area (Å²) in [7, 11) is 0. The quantitative estimate of drug-likeness (QED) is 0.186. The van der Waals surface area contributed by atoms with Crippen molar-refractivity contribution in [1.29, 1.82) is 0 Å². The van der Waals surface area contributed by atoms with Crippen molar-refractivity contribution in [1.82, 2.24) is 9.13 Å². The molecular weight excluding hydrogens is 621 g/mol. The van der Waals surface area contributed by atoms with Gasteiger partial charge in [0.1, 0.15) is 11.2 Å². The standard InChI is InChI=1S/C48H30N2O/c1-2-14-31(15-3-1)32-16-10-17-33(30-32)34-21-11-24-40-46(34)35-18-4-7-22-38(35)49(40)41-25-12-26-42-47(41)36-19-5-8-23-39(36)50(42)43-27-13-29-45-48(43)37-20-6-9-28-44(37)51-45/h1-30H. The molecule has 0 radical (unpaired) electrons. The first-order valence-electron chi connectivity index (χ1n) is 17.4. The highest BCUT2D eigenvalue weighted by Gasteiger charge is 2.22. The van der Waals surface area contributed by atoms with E-state index in [1.807, 2.05) is 6.07 Å². The molecule has 0 saturated heterocycles. The molecule has 8 aromatic carbocycles. The average molecular weight is 651 g/mol. The molecule has 3 heteroatoms. The van der Waals surface area contributed by atoms with Crippen molar-refractivity contribution >= 4 is 65.6 Å². The van der Waals surface area contributed by atoms with Crippen LogP contribution in [0.4, 0.5) is 0 Å². The van der Waals surface area contributed by atoms with Gasteiger partial charge in [-0.15, -0.1) is 0 Å². The van der Waals surface area contributed by atoms with E-state index in [0.29, 0.717) is 0 Å². The molecule has 0 unspecified atom stereocenters. The van der Waals surface area contributed by atoms with Crippen LogP contribution in [0.3, 0.4) is 0 Å². The Morgan fingerprint density at radius 2 is 0.824 bits per heavy atom. The molecule has 0 atom stereocenters. The fourth-order valence-electron chi connectivity index (χ4n) is 8.40. The molecule has 0 amide bonds. The SMILES string of the molecule is c1ccc(-c2cccc(-c3cccc4c3c3ccccc3n4-c3cccc4c3c3ccccc3n4-c3cccc4oc5ccccc5c34)c2)cc1. The second-order valence-corrected chi connectivity index (χ2v) is 13.3. The highest BCUT2D eigenvalue weighted by Crippen LogP contribution is 2.44. The smallest absolute Gasteiger partial charge is 0.137 e. The van der Waals surface area contributed by atoms with Crippen LogP contribution < -0.4 is 0 Å². The van der Waals surface area contributed by atoms with Crippen LogP contribution in [-0.2, 0) is 0 Å². The summed E-state index contributed by atoms with van der Waals surface area (Å²) < 4.78 is 11.3. The Kier molecular flexibility index (Phi) is 5.96. The van der Waals surface area contributed by atoms with Crippen molar-refractivity contribution in [2.75, 3.05) is 0 Å². The van der Waals surface area contributed by atoms with Crippen LogP contribution in [0.25, 0.3) is 99.2 Å². The summed E-state index contributed by atoms with van der Waals surface area (Å²) >= 11 is 0. The minimum atomic E-state index is 0.891. The molecule has 0 saturated carbocycles. The van der Waals surface area contributed by atoms with Crippen LogP contribution >= 0.6 is 0 Å². The van der Waals surface area contributed by atoms with Crippen LogP contribution in [-0.4, -0.2) is 9.13 Å². The van der Waals surface area contributed by atoms with Crippen molar-refractivity contribution in [2.24, 2.45) is 0 Å². The number of hydrogen-bond acceptors (Lipinski definition) is 1. The highest BCUT2D eigenvalue weighted by atomic mass is 16.3. The molecule has 3 nitrogen and oxygen atoms in total. The first kappa shape index (κ1) is 28.0. The van der Waals surface area contributed by atoms with E-state index in [1.165, 1.54) is 54.8 Å². The molecule has 3 heterocycles. The second-order valence-electron chi connectivity index (χ2n) is 13.3. The maximum atomic E-state index is 6.36. The normalized spacial score (nSPS) is 11.9. The second kappa shape index (κ2) is 10.8. The number of rotatable bonds is 4. The summed E-state index contributed by atoms with van der Waals surface area (Å²) in [5.41, 5.74) is 13.6. The topological polar surface area (TPSA) is 23.0 Å². The zero-order chi connectivity index (χ0) is 33.5. The Morgan fingerprint density at radius 1 is 0.314 bits per heavy atom. The van der Waals surface area contributed by atoms with E-state index in [-0.39, 0.29) is 0 Å². The predicted octanol–water partition coefficient (Wildman–Crippen LogP) is 13.1. The van der Waals surface area contributed by atoms with E-state index in [0.717, 1.165) is 44.3 Å². The van der Waals surface area contributed by atoms with Crippen molar-refractivity contribution in [2.45, 2.75) is 0 Å². The Bertz CT molecular complexity index is 3140. The first-order chi connectivity index (χ1) is 25.3. The lowest BCUT2D eigenvalue weighted by atomic mass is 9.96. The van der Waals surface area contributed by atoms with E-state index in [9.17, 15) is 0 Å². The fourth-order valence-corrected chi connectivity index (χ4v) is 8.40. The lowest BCUT2D eigenvalue weighted by molar-refractivity contribution is 0.669. The van der Waals surface area contributed by atoms with Crippen molar-refractivity contribution in [3.8, 4) is 33.6 Å². The summed E-state index contributed by atoms with van der Waals surface area (Å²) in [4.78, 5) is 0. The summed E-state index contributed by atoms with van der Waals surface area (Å²) in [6.07, 6.45) is 0. The molecule has 0 bridgehead atoms. The summed E-state index contributed by atoms with van der Waals surface area (Å²) in [5, 5.41) is 7.18. The molecular formula is C48H30N2O. The third-order valence-corrected chi connectivity index (χ3v) is 10.5. The third-order valence-electron chi connectivity index (χ3n) is 10.5. The number of nitrogens with zero attached hydrogens (tertiary/aromatic N) is 2. The largest absolute Gasteiger partial charge is 0.456 e. The zero-order valence-corrected chi connectivity index (χ0v) is 27.6. The van der Waals surface area contributed by atoms with Gasteiger partial charge in [0.15, 0.2) is 0 Å². The fraction of sp³-hybridized carbons (Fsp3) is 0. The summed E-state index contributed by atoms with van der Waals surface area (Å²) in [5.74, 6) is 0. The van der Waals surface area contributed by atoms with Gasteiger partial charge >= 0.3 is 0 Å². The molecule has 51 heavy (non-hydrogen) atoms. The number of furan rings is 1. The molecule has 3 aromatic heterocycles. The van der Waals surface area contributed by atoms with Gasteiger partial charge in [-0.1, -0.05) is 127 Å². The Labute approximate surface area is 293 Å². The number of aromatic nitrogens is 2. The van der Waals surface area contributed by atoms with Gasteiger partial charge in [0.05, 0.1) is 38.8 Å². The van der Waals surface area contributed by atoms with Gasteiger partial charge in [0.2, 0.25) is 0 Å². The van der Waals surface area contributed by atoms with E-state index in [4.69, 9.17) is 4.42 Å². The van der Waals surface area contributed by atoms with Gasteiger partial charge in [0.25, 0.3) is 0 Å². The first-order valence-corrected chi connectivity index (χ1v) is 17.4. The van der Waals surface area contributed by atoms with Crippen LogP contribution in [0.1, 0.15) is 0 Å². The number of hydrogen-bond donors (Lipinski definition) is 0. The minimum Gasteiger partial charge on any atom is -0.456 e. The van der Waals surface area contributed by atoms with Crippen molar-refractivity contribution in [3.05, 3.63) is 182 Å². The minimum absolute atomic E-state index is 0.891. The molecule has 238 valence electrons. The van der Waals surface area contributed by atoms with Gasteiger partial charge in [0, 0.05) is 26.9 Å². The van der Waals surface area contributed by atoms with Gasteiger partial charge in [-0.25, -0.2) is 0 Å². The molecule has 0 fully saturated rings. The zero-order valence-electron chi connectivity index (χ0n) is 27.6. The maximum Gasteiger partial charge on any atom is 0.137 e. The highest BCUT2D eigenvalue weighted by molar-refractivity contribution is 6.20. The van der Waals surface area contributed by atoms with Crippen LogP contribution in [0.15, 0.2) is 186 Å². The van der Waals surface area contributed by atoms with E-state index < -0.39 is 0 Å². The lowest BCUT2D eigenvalue weighted by Gasteiger charge is -2.12. The summed E-state index contributed by atoms with van der Waals surface area (Å²) in [6, 6.07) is 65.4. The molecule has 0 N–H and O–H groups in total. The number of fused-ring (bicyclic) bond motifs is 9. The Hall–Kier alpha value is -6.84. The Morgan fingerprint density at radius 3 is 1.61 bits per heavy atom. The third kappa shape index (κ3) is 4.06. The van der Waals surface area contributed by atoms with Gasteiger partial charge in [-0.2, -0.15) is 0 Å². The molecule has 11 aromatic rings. The number of benzene rings is 8. The molecule has 0 aliphatic carbocycles. The van der Waals surface area contributed by atoms with Gasteiger partial charge in [-0.3, -0.25) is 0 Å². The average Bonchev–Trinajstić information content (AvgIpc) is 3.86. The maximum absolute atomic E-state index is 6.36. The van der Waals surface area contributed by atoms with Gasteiger partial charge < -0.3 is 13.6 Å². The van der Waals surface area contributed by atoms with Gasteiger partial charge in [-0.05, 0) is 76.9 Å². The summed E-state index contributed by atoms with van der Waals surface area (Å²) in [6.45, 7) is 0. The Balaban J connectivity index is 1.22. The van der Waals surface area contributed by atoms with E-state index in [2.05, 4.69) is 185 Å². The molecule has 11 rings (SSSR count). The molecule has 0 aliphatic heterocycles. The molecule has 0 spiro atoms. The van der Waals surface area contributed by atoms with Crippen LogP contribution in [0, 0.1) is 0 Å². The van der Waals surface area contributed by atoms with E-state index >= 15 is 0 Å². The van der Waals surface area contributed by atoms with Crippen molar-refractivity contribution < 1.29 is 4.42 Å². The lowest BCUT2D eigenvalue weighted by Crippen LogP contribution is -1.97. The van der Waals surface area contributed by atoms with Crippen LogP contribution in [0.2, 0.25) is 0 Å². The van der Waals surface area contributed by atoms with E-state index in [1.54, 1.807) is 0 Å². The van der Waals surface area contributed by atoms with Crippen LogP contribution in [0.5, 0.6) is 0 Å².